The molecule has 41 heavy (non-hydrogen) atoms. The van der Waals surface area contributed by atoms with Gasteiger partial charge in [-0.25, -0.2) is 10.4 Å². The number of halogens is 1. The molecule has 9 heteroatoms. The lowest BCUT2D eigenvalue weighted by molar-refractivity contribution is -0.151. The number of nitrogens with one attached hydrogen (secondary N) is 2. The largest absolute Gasteiger partial charge is 0.360 e. The summed E-state index contributed by atoms with van der Waals surface area (Å²) in [6, 6.07) is 0.924. The summed E-state index contributed by atoms with van der Waals surface area (Å²) in [5.74, 6) is 2.55. The molecule has 3 aliphatic carbocycles. The molecule has 2 amide bonds. The van der Waals surface area contributed by atoms with E-state index in [9.17, 15) is 9.59 Å². The van der Waals surface area contributed by atoms with E-state index in [4.69, 9.17) is 4.74 Å². The van der Waals surface area contributed by atoms with Gasteiger partial charge in [-0.2, -0.15) is 0 Å². The van der Waals surface area contributed by atoms with Crippen LogP contribution in [0.4, 0.5) is 0 Å². The Labute approximate surface area is 255 Å². The predicted molar refractivity (Wildman–Crippen MR) is 164 cm³/mol. The topological polar surface area (TPSA) is 77.2 Å². The minimum atomic E-state index is -0.118. The second-order valence-electron chi connectivity index (χ2n) is 13.8. The van der Waals surface area contributed by atoms with Gasteiger partial charge < -0.3 is 19.9 Å². The summed E-state index contributed by atoms with van der Waals surface area (Å²) >= 11 is 3.88. The minimum Gasteiger partial charge on any atom is -0.360 e. The number of piperidine rings is 1. The summed E-state index contributed by atoms with van der Waals surface area (Å²) < 4.78 is 6.50. The molecule has 0 bridgehead atoms. The van der Waals surface area contributed by atoms with Crippen molar-refractivity contribution in [3.63, 3.8) is 0 Å². The third-order valence-corrected chi connectivity index (χ3v) is 13.1. The first-order chi connectivity index (χ1) is 19.9. The summed E-state index contributed by atoms with van der Waals surface area (Å²) in [5.41, 5.74) is 3.84. The normalized spacial score (nSPS) is 42.1. The van der Waals surface area contributed by atoms with E-state index in [1.54, 1.807) is 0 Å². The quantitative estimate of drug-likeness (QED) is 0.341. The van der Waals surface area contributed by atoms with Gasteiger partial charge >= 0.3 is 0 Å². The summed E-state index contributed by atoms with van der Waals surface area (Å²) in [7, 11) is 0. The molecular weight excluding hydrogens is 582 g/mol. The molecule has 0 aromatic rings. The first-order valence-electron chi connectivity index (χ1n) is 16.7. The summed E-state index contributed by atoms with van der Waals surface area (Å²) in [5, 5.41) is 6.23. The third kappa shape index (κ3) is 5.79. The van der Waals surface area contributed by atoms with Gasteiger partial charge in [-0.3, -0.25) is 9.59 Å². The van der Waals surface area contributed by atoms with E-state index in [1.807, 2.05) is 4.90 Å². The maximum absolute atomic E-state index is 14.5. The zero-order valence-electron chi connectivity index (χ0n) is 25.2. The first kappa shape index (κ1) is 30.0. The highest BCUT2D eigenvalue weighted by Crippen LogP contribution is 2.45. The molecule has 0 aromatic carbocycles. The van der Waals surface area contributed by atoms with Gasteiger partial charge in [0.2, 0.25) is 11.8 Å². The molecule has 6 rings (SSSR count). The highest BCUT2D eigenvalue weighted by Gasteiger charge is 2.55. The number of likely N-dealkylation sites (tertiary alicyclic amines) is 1. The summed E-state index contributed by atoms with van der Waals surface area (Å²) in [6.07, 6.45) is 13.6. The molecule has 2 N–H and O–H groups in total. The van der Waals surface area contributed by atoms with Crippen LogP contribution in [-0.2, 0) is 14.3 Å². The third-order valence-electron chi connectivity index (χ3n) is 11.8. The van der Waals surface area contributed by atoms with Crippen molar-refractivity contribution in [2.24, 2.45) is 29.6 Å². The van der Waals surface area contributed by atoms with E-state index < -0.39 is 0 Å². The van der Waals surface area contributed by atoms with Crippen molar-refractivity contribution in [1.82, 2.24) is 25.6 Å². The van der Waals surface area contributed by atoms with Gasteiger partial charge in [0.25, 0.3) is 0 Å². The van der Waals surface area contributed by atoms with Crippen LogP contribution >= 0.6 is 15.9 Å². The Balaban J connectivity index is 1.24. The highest BCUT2D eigenvalue weighted by atomic mass is 79.9. The van der Waals surface area contributed by atoms with Crippen LogP contribution in [0.3, 0.4) is 0 Å². The second-order valence-corrected chi connectivity index (χ2v) is 14.9. The molecule has 8 nitrogen and oxygen atoms in total. The van der Waals surface area contributed by atoms with Crippen LogP contribution in [0.5, 0.6) is 0 Å². The Morgan fingerprint density at radius 1 is 1.02 bits per heavy atom. The monoisotopic (exact) mass is 633 g/mol. The van der Waals surface area contributed by atoms with E-state index in [0.29, 0.717) is 42.5 Å². The van der Waals surface area contributed by atoms with Gasteiger partial charge in [0.1, 0.15) is 6.23 Å². The smallest absolute Gasteiger partial charge is 0.246 e. The van der Waals surface area contributed by atoms with Crippen LogP contribution in [0.2, 0.25) is 0 Å². The molecule has 6 aliphatic rings. The van der Waals surface area contributed by atoms with Crippen molar-refractivity contribution in [1.29, 1.82) is 0 Å². The lowest BCUT2D eigenvalue weighted by Crippen LogP contribution is -2.64. The van der Waals surface area contributed by atoms with Crippen molar-refractivity contribution in [2.45, 2.75) is 113 Å². The molecule has 6 fully saturated rings. The Kier molecular flexibility index (Phi) is 9.47. The van der Waals surface area contributed by atoms with E-state index in [2.05, 4.69) is 57.0 Å². The Morgan fingerprint density at radius 2 is 1.78 bits per heavy atom. The maximum Gasteiger partial charge on any atom is 0.246 e. The molecule has 0 radical (unpaired) electrons. The molecular formula is C32H52BrN5O3. The van der Waals surface area contributed by atoms with Gasteiger partial charge in [-0.05, 0) is 75.3 Å². The van der Waals surface area contributed by atoms with Gasteiger partial charge in [0, 0.05) is 48.5 Å². The number of ether oxygens (including phenoxy) is 1. The fourth-order valence-corrected chi connectivity index (χ4v) is 9.89. The lowest BCUT2D eigenvalue weighted by Gasteiger charge is -2.50. The van der Waals surface area contributed by atoms with Crippen LogP contribution in [0.25, 0.3) is 0 Å². The fourth-order valence-electron chi connectivity index (χ4n) is 9.29. The van der Waals surface area contributed by atoms with Crippen LogP contribution in [-0.4, -0.2) is 94.6 Å². The second kappa shape index (κ2) is 12.9. The predicted octanol–water partition coefficient (Wildman–Crippen LogP) is 3.91. The molecule has 8 atom stereocenters. The van der Waals surface area contributed by atoms with E-state index in [1.165, 1.54) is 51.0 Å². The molecule has 3 aliphatic heterocycles. The van der Waals surface area contributed by atoms with Crippen molar-refractivity contribution < 1.29 is 14.3 Å². The number of nitrogens with zero attached hydrogens (tertiary/aromatic N) is 3. The maximum atomic E-state index is 14.5. The van der Waals surface area contributed by atoms with Crippen molar-refractivity contribution in [3.05, 3.63) is 12.7 Å². The number of hydrogen-bond donors (Lipinski definition) is 2. The van der Waals surface area contributed by atoms with E-state index in [0.717, 1.165) is 44.2 Å². The molecule has 3 heterocycles. The SMILES string of the molecule is C=CC(=O)N1CCOC2NN(C3CCC(C4CCC4)CC3)C3CCN(C(=O)C4CCC(Br)C(C)C4NCC)C(C1)C23. The zero-order valence-corrected chi connectivity index (χ0v) is 26.8. The number of carbonyl (C=O) groups is 2. The highest BCUT2D eigenvalue weighted by molar-refractivity contribution is 9.09. The Morgan fingerprint density at radius 3 is 2.46 bits per heavy atom. The molecule has 3 saturated carbocycles. The number of hydrazine groups is 1. The number of carbonyl (C=O) groups excluding carboxylic acids is 2. The number of alkyl halides is 1. The fraction of sp³-hybridized carbons (Fsp3) is 0.875. The average Bonchev–Trinajstić information content (AvgIpc) is 3.31. The van der Waals surface area contributed by atoms with Gasteiger partial charge in [0.05, 0.1) is 18.6 Å². The van der Waals surface area contributed by atoms with Crippen molar-refractivity contribution in [2.75, 3.05) is 32.8 Å². The average molecular weight is 635 g/mol. The number of amides is 2. The summed E-state index contributed by atoms with van der Waals surface area (Å²) in [4.78, 5) is 31.9. The van der Waals surface area contributed by atoms with Crippen LogP contribution in [0.15, 0.2) is 12.7 Å². The van der Waals surface area contributed by atoms with E-state index >= 15 is 0 Å². The molecule has 3 saturated heterocycles. The van der Waals surface area contributed by atoms with Gasteiger partial charge in [0.15, 0.2) is 0 Å². The zero-order chi connectivity index (χ0) is 28.7. The van der Waals surface area contributed by atoms with Crippen LogP contribution < -0.4 is 10.7 Å². The molecule has 0 aromatic heterocycles. The summed E-state index contributed by atoms with van der Waals surface area (Å²) in [6.45, 7) is 11.3. The lowest BCUT2D eigenvalue weighted by atomic mass is 9.69. The molecule has 8 unspecified atom stereocenters. The number of hydrogen-bond acceptors (Lipinski definition) is 6. The van der Waals surface area contributed by atoms with E-state index in [-0.39, 0.29) is 42.0 Å². The standard InChI is InChI=1S/C32H52BrN5O3/c1-4-28(39)36-17-18-41-31-29-26(38(35-31)23-11-9-22(10-12-23)21-7-6-8-21)15-16-37(27(29)19-36)32(40)24-13-14-25(33)20(3)30(24)34-5-2/h4,20-27,29-31,34-35H,1,5-19H2,2-3H3. The first-order valence-corrected chi connectivity index (χ1v) is 17.6. The minimum absolute atomic E-state index is 0.0455. The van der Waals surface area contributed by atoms with Crippen LogP contribution in [0.1, 0.15) is 78.1 Å². The number of rotatable bonds is 6. The Bertz CT molecular complexity index is 956. The van der Waals surface area contributed by atoms with Gasteiger partial charge in [-0.1, -0.05) is 55.6 Å². The van der Waals surface area contributed by atoms with Gasteiger partial charge in [-0.15, -0.1) is 0 Å². The molecule has 230 valence electrons. The van der Waals surface area contributed by atoms with Crippen molar-refractivity contribution >= 4 is 27.7 Å². The van der Waals surface area contributed by atoms with Crippen molar-refractivity contribution in [3.8, 4) is 0 Å². The molecule has 0 spiro atoms. The Hall–Kier alpha value is -1.00. The van der Waals surface area contributed by atoms with Crippen LogP contribution in [0, 0.1) is 29.6 Å².